The molecule has 1 heterocycles. The van der Waals surface area contributed by atoms with Crippen LogP contribution < -0.4 is 5.56 Å². The summed E-state index contributed by atoms with van der Waals surface area (Å²) in [6.45, 7) is 3.79. The van der Waals surface area contributed by atoms with Crippen molar-refractivity contribution in [1.29, 1.82) is 0 Å². The maximum absolute atomic E-state index is 11.1. The summed E-state index contributed by atoms with van der Waals surface area (Å²) in [6.07, 6.45) is 0. The van der Waals surface area contributed by atoms with E-state index in [9.17, 15) is 4.79 Å². The molecule has 0 atom stereocenters. The van der Waals surface area contributed by atoms with Crippen LogP contribution in [-0.2, 0) is 0 Å². The van der Waals surface area contributed by atoms with E-state index in [1.165, 1.54) is 0 Å². The Morgan fingerprint density at radius 1 is 1.45 bits per heavy atom. The van der Waals surface area contributed by atoms with Crippen molar-refractivity contribution in [3.8, 4) is 0 Å². The minimum absolute atomic E-state index is 0.0104. The highest BCUT2D eigenvalue weighted by Crippen LogP contribution is 2.20. The molecule has 0 amide bonds. The molecule has 0 radical (unpaired) electrons. The van der Waals surface area contributed by atoms with E-state index in [1.807, 2.05) is 36.4 Å². The molecule has 0 aromatic carbocycles. The van der Waals surface area contributed by atoms with Gasteiger partial charge in [-0.2, -0.15) is 0 Å². The first-order chi connectivity index (χ1) is 5.04. The summed E-state index contributed by atoms with van der Waals surface area (Å²) < 4.78 is 1.74. The molecular weight excluding hydrogens is 321 g/mol. The van der Waals surface area contributed by atoms with Crippen LogP contribution in [0, 0.1) is 17.4 Å². The zero-order chi connectivity index (χ0) is 8.59. The molecular formula is C7H7BrINO. The molecule has 1 aromatic heterocycles. The van der Waals surface area contributed by atoms with E-state index in [0.29, 0.717) is 0 Å². The normalized spacial score (nSPS) is 10.2. The molecule has 0 spiro atoms. The molecule has 1 rings (SSSR count). The monoisotopic (exact) mass is 327 g/mol. The van der Waals surface area contributed by atoms with Crippen LogP contribution in [0.5, 0.6) is 0 Å². The Labute approximate surface area is 86.7 Å². The number of aryl methyl sites for hydroxylation is 1. The summed E-state index contributed by atoms with van der Waals surface area (Å²) in [5.74, 6) is 0. The Morgan fingerprint density at radius 3 is 2.55 bits per heavy atom. The Bertz CT molecular complexity index is 345. The quantitative estimate of drug-likeness (QED) is 0.729. The van der Waals surface area contributed by atoms with Crippen molar-refractivity contribution >= 4 is 38.5 Å². The number of pyridine rings is 1. The molecule has 0 saturated carbocycles. The number of hydrogen-bond donors (Lipinski definition) is 1. The van der Waals surface area contributed by atoms with Gasteiger partial charge >= 0.3 is 0 Å². The number of halogens is 2. The van der Waals surface area contributed by atoms with Crippen LogP contribution in [0.25, 0.3) is 0 Å². The van der Waals surface area contributed by atoms with Crippen molar-refractivity contribution in [1.82, 2.24) is 4.98 Å². The van der Waals surface area contributed by atoms with Crippen molar-refractivity contribution in [3.63, 3.8) is 0 Å². The van der Waals surface area contributed by atoms with Crippen molar-refractivity contribution in [2.45, 2.75) is 13.8 Å². The van der Waals surface area contributed by atoms with Crippen LogP contribution in [-0.4, -0.2) is 4.98 Å². The van der Waals surface area contributed by atoms with Gasteiger partial charge in [-0.1, -0.05) is 0 Å². The first-order valence-corrected chi connectivity index (χ1v) is 4.95. The highest BCUT2D eigenvalue weighted by atomic mass is 127. The average Bonchev–Trinajstić information content (AvgIpc) is 1.97. The molecule has 0 aliphatic heterocycles. The Kier molecular flexibility index (Phi) is 2.74. The minimum atomic E-state index is -0.0104. The molecule has 11 heavy (non-hydrogen) atoms. The standard InChI is InChI=1S/C7H7BrINO/c1-3-5(8)4(2)10-7(11)6(3)9/h1-2H3,(H,10,11). The van der Waals surface area contributed by atoms with Gasteiger partial charge in [0.25, 0.3) is 5.56 Å². The van der Waals surface area contributed by atoms with Gasteiger partial charge in [-0.25, -0.2) is 0 Å². The number of aromatic amines is 1. The van der Waals surface area contributed by atoms with E-state index in [0.717, 1.165) is 19.3 Å². The lowest BCUT2D eigenvalue weighted by Gasteiger charge is -2.02. The van der Waals surface area contributed by atoms with Crippen molar-refractivity contribution in [2.24, 2.45) is 0 Å². The third-order valence-corrected chi connectivity index (χ3v) is 3.98. The third kappa shape index (κ3) is 1.66. The van der Waals surface area contributed by atoms with Gasteiger partial charge < -0.3 is 4.98 Å². The molecule has 4 heteroatoms. The number of rotatable bonds is 0. The van der Waals surface area contributed by atoms with Gasteiger partial charge in [0.05, 0.1) is 3.57 Å². The summed E-state index contributed by atoms with van der Waals surface area (Å²) in [7, 11) is 0. The summed E-state index contributed by atoms with van der Waals surface area (Å²) in [5, 5.41) is 0. The van der Waals surface area contributed by atoms with Crippen molar-refractivity contribution in [3.05, 3.63) is 29.7 Å². The van der Waals surface area contributed by atoms with Gasteiger partial charge in [-0.3, -0.25) is 4.79 Å². The smallest absolute Gasteiger partial charge is 0.261 e. The zero-order valence-electron chi connectivity index (χ0n) is 6.16. The first kappa shape index (κ1) is 9.25. The lowest BCUT2D eigenvalue weighted by atomic mass is 10.2. The second-order valence-corrected chi connectivity index (χ2v) is 4.20. The van der Waals surface area contributed by atoms with Crippen LogP contribution in [0.4, 0.5) is 0 Å². The van der Waals surface area contributed by atoms with Crippen LogP contribution in [0.2, 0.25) is 0 Å². The fraction of sp³-hybridized carbons (Fsp3) is 0.286. The predicted octanol–water partition coefficient (Wildman–Crippen LogP) is 2.36. The van der Waals surface area contributed by atoms with Gasteiger partial charge in [-0.15, -0.1) is 0 Å². The highest BCUT2D eigenvalue weighted by molar-refractivity contribution is 14.1. The SMILES string of the molecule is Cc1[nH]c(=O)c(I)c(C)c1Br. The second-order valence-electron chi connectivity index (χ2n) is 2.33. The molecule has 2 nitrogen and oxygen atoms in total. The first-order valence-electron chi connectivity index (χ1n) is 3.08. The van der Waals surface area contributed by atoms with E-state index in [4.69, 9.17) is 0 Å². The number of hydrogen-bond acceptors (Lipinski definition) is 1. The zero-order valence-corrected chi connectivity index (χ0v) is 9.91. The van der Waals surface area contributed by atoms with E-state index in [1.54, 1.807) is 0 Å². The molecule has 1 N–H and O–H groups in total. The van der Waals surface area contributed by atoms with Crippen molar-refractivity contribution in [2.75, 3.05) is 0 Å². The third-order valence-electron chi connectivity index (χ3n) is 1.49. The maximum Gasteiger partial charge on any atom is 0.261 e. The summed E-state index contributed by atoms with van der Waals surface area (Å²) in [4.78, 5) is 13.9. The van der Waals surface area contributed by atoms with E-state index in [-0.39, 0.29) is 5.56 Å². The van der Waals surface area contributed by atoms with E-state index < -0.39 is 0 Å². The van der Waals surface area contributed by atoms with Gasteiger partial charge in [0.15, 0.2) is 0 Å². The lowest BCUT2D eigenvalue weighted by Crippen LogP contribution is -2.13. The lowest BCUT2D eigenvalue weighted by molar-refractivity contribution is 1.08. The molecule has 0 aliphatic rings. The maximum atomic E-state index is 11.1. The largest absolute Gasteiger partial charge is 0.324 e. The molecule has 0 fully saturated rings. The fourth-order valence-electron chi connectivity index (χ4n) is 0.828. The van der Waals surface area contributed by atoms with E-state index in [2.05, 4.69) is 20.9 Å². The Balaban J connectivity index is 3.59. The second kappa shape index (κ2) is 3.26. The highest BCUT2D eigenvalue weighted by Gasteiger charge is 2.06. The molecule has 0 aliphatic carbocycles. The molecule has 1 aromatic rings. The van der Waals surface area contributed by atoms with Crippen LogP contribution >= 0.6 is 38.5 Å². The summed E-state index contributed by atoms with van der Waals surface area (Å²) in [6, 6.07) is 0. The number of aromatic nitrogens is 1. The van der Waals surface area contributed by atoms with Gasteiger partial charge in [-0.05, 0) is 57.9 Å². The summed E-state index contributed by atoms with van der Waals surface area (Å²) in [5.41, 5.74) is 1.88. The number of H-pyrrole nitrogens is 1. The van der Waals surface area contributed by atoms with Crippen LogP contribution in [0.3, 0.4) is 0 Å². The van der Waals surface area contributed by atoms with E-state index >= 15 is 0 Å². The minimum Gasteiger partial charge on any atom is -0.324 e. The van der Waals surface area contributed by atoms with Crippen molar-refractivity contribution < 1.29 is 0 Å². The Hall–Kier alpha value is 0.160. The van der Waals surface area contributed by atoms with Gasteiger partial charge in [0.1, 0.15) is 0 Å². The van der Waals surface area contributed by atoms with Crippen LogP contribution in [0.15, 0.2) is 9.27 Å². The fourth-order valence-corrected chi connectivity index (χ4v) is 1.90. The molecule has 60 valence electrons. The summed E-state index contributed by atoms with van der Waals surface area (Å²) >= 11 is 5.43. The molecule has 0 unspecified atom stereocenters. The molecule has 0 saturated heterocycles. The van der Waals surface area contributed by atoms with Gasteiger partial charge in [0, 0.05) is 10.2 Å². The Morgan fingerprint density at radius 2 is 2.00 bits per heavy atom. The van der Waals surface area contributed by atoms with Crippen LogP contribution in [0.1, 0.15) is 11.3 Å². The van der Waals surface area contributed by atoms with Gasteiger partial charge in [0.2, 0.25) is 0 Å². The molecule has 0 bridgehead atoms. The topological polar surface area (TPSA) is 32.9 Å². The number of nitrogens with one attached hydrogen (secondary N) is 1. The average molecular weight is 328 g/mol. The predicted molar refractivity (Wildman–Crippen MR) is 57.0 cm³/mol.